The Labute approximate surface area is 167 Å². The topological polar surface area (TPSA) is 87.6 Å². The standard InChI is InChI=1S/C18H18ClN3O3S2/c1-26-13-7-8-16(19)15(11-13)18(23)21-12-4-2-5-14(10-12)27(24,25)22-17-6-3-9-20-17/h2,4-5,7-8,10-11H,3,6,9H2,1H3,(H,20,22)(H,21,23). The van der Waals surface area contributed by atoms with Crippen molar-refractivity contribution in [3.8, 4) is 0 Å². The number of hydrogen-bond donors (Lipinski definition) is 2. The molecule has 0 bridgehead atoms. The van der Waals surface area contributed by atoms with Crippen LogP contribution in [0.1, 0.15) is 23.2 Å². The number of aliphatic imine (C=N–C) groups is 1. The van der Waals surface area contributed by atoms with Crippen LogP contribution in [0.15, 0.2) is 57.2 Å². The largest absolute Gasteiger partial charge is 0.322 e. The first kappa shape index (κ1) is 19.7. The van der Waals surface area contributed by atoms with Gasteiger partial charge in [-0.1, -0.05) is 17.7 Å². The molecule has 0 aromatic heterocycles. The van der Waals surface area contributed by atoms with Gasteiger partial charge in [-0.3, -0.25) is 14.5 Å². The molecule has 0 unspecified atom stereocenters. The van der Waals surface area contributed by atoms with E-state index < -0.39 is 15.9 Å². The predicted octanol–water partition coefficient (Wildman–Crippen LogP) is 3.78. The Morgan fingerprint density at radius 2 is 2.04 bits per heavy atom. The third kappa shape index (κ3) is 4.82. The van der Waals surface area contributed by atoms with Gasteiger partial charge in [0.15, 0.2) is 0 Å². The Hall–Kier alpha value is -2.03. The van der Waals surface area contributed by atoms with Crippen molar-refractivity contribution in [2.24, 2.45) is 4.99 Å². The van der Waals surface area contributed by atoms with Gasteiger partial charge in [-0.25, -0.2) is 8.42 Å². The zero-order valence-corrected chi connectivity index (χ0v) is 16.9. The van der Waals surface area contributed by atoms with Crippen LogP contribution in [0.5, 0.6) is 0 Å². The first-order valence-electron chi connectivity index (χ1n) is 8.20. The van der Waals surface area contributed by atoms with Crippen molar-refractivity contribution in [3.63, 3.8) is 0 Å². The number of amides is 1. The van der Waals surface area contributed by atoms with Crippen LogP contribution in [0.2, 0.25) is 5.02 Å². The van der Waals surface area contributed by atoms with Gasteiger partial charge in [0.1, 0.15) is 5.84 Å². The van der Waals surface area contributed by atoms with Gasteiger partial charge in [0, 0.05) is 23.5 Å². The van der Waals surface area contributed by atoms with Gasteiger partial charge in [-0.15, -0.1) is 11.8 Å². The number of nitrogens with one attached hydrogen (secondary N) is 2. The lowest BCUT2D eigenvalue weighted by molar-refractivity contribution is 0.102. The minimum Gasteiger partial charge on any atom is -0.322 e. The van der Waals surface area contributed by atoms with E-state index in [-0.39, 0.29) is 4.90 Å². The van der Waals surface area contributed by atoms with Crippen molar-refractivity contribution in [3.05, 3.63) is 53.1 Å². The number of hydrogen-bond acceptors (Lipinski definition) is 5. The maximum absolute atomic E-state index is 12.6. The summed E-state index contributed by atoms with van der Waals surface area (Å²) in [6, 6.07) is 11.3. The SMILES string of the molecule is CSc1ccc(Cl)c(C(=O)Nc2cccc(S(=O)(=O)NC3=NCCC3)c2)c1. The molecule has 2 aromatic carbocycles. The molecular formula is C18H18ClN3O3S2. The van der Waals surface area contributed by atoms with Gasteiger partial charge < -0.3 is 5.32 Å². The summed E-state index contributed by atoms with van der Waals surface area (Å²) in [5.41, 5.74) is 0.692. The van der Waals surface area contributed by atoms with E-state index in [0.29, 0.717) is 35.1 Å². The molecule has 0 radical (unpaired) electrons. The Kier molecular flexibility index (Phi) is 6.08. The number of anilines is 1. The van der Waals surface area contributed by atoms with E-state index in [1.54, 1.807) is 24.3 Å². The minimum atomic E-state index is -3.75. The molecule has 0 fully saturated rings. The van der Waals surface area contributed by atoms with Crippen molar-refractivity contribution in [2.45, 2.75) is 22.6 Å². The first-order valence-corrected chi connectivity index (χ1v) is 11.3. The number of nitrogens with zero attached hydrogens (tertiary/aromatic N) is 1. The van der Waals surface area contributed by atoms with Crippen molar-refractivity contribution in [1.82, 2.24) is 4.72 Å². The van der Waals surface area contributed by atoms with E-state index >= 15 is 0 Å². The lowest BCUT2D eigenvalue weighted by Gasteiger charge is -2.11. The number of carbonyl (C=O) groups excluding carboxylic acids is 1. The molecule has 142 valence electrons. The van der Waals surface area contributed by atoms with Crippen LogP contribution in [0.25, 0.3) is 0 Å². The highest BCUT2D eigenvalue weighted by Crippen LogP contribution is 2.24. The quantitative estimate of drug-likeness (QED) is 0.716. The second kappa shape index (κ2) is 8.33. The lowest BCUT2D eigenvalue weighted by atomic mass is 10.2. The highest BCUT2D eigenvalue weighted by Gasteiger charge is 2.19. The lowest BCUT2D eigenvalue weighted by Crippen LogP contribution is -2.29. The van der Waals surface area contributed by atoms with Crippen LogP contribution in [0, 0.1) is 0 Å². The highest BCUT2D eigenvalue weighted by atomic mass is 35.5. The van der Waals surface area contributed by atoms with Crippen molar-refractivity contribution >= 4 is 50.8 Å². The summed E-state index contributed by atoms with van der Waals surface area (Å²) >= 11 is 7.62. The summed E-state index contributed by atoms with van der Waals surface area (Å²) in [6.45, 7) is 0.629. The van der Waals surface area contributed by atoms with Gasteiger partial charge in [0.2, 0.25) is 0 Å². The van der Waals surface area contributed by atoms with Crippen LogP contribution < -0.4 is 10.0 Å². The van der Waals surface area contributed by atoms with Gasteiger partial charge in [-0.2, -0.15) is 0 Å². The second-order valence-electron chi connectivity index (χ2n) is 5.87. The van der Waals surface area contributed by atoms with Crippen LogP contribution >= 0.6 is 23.4 Å². The smallest absolute Gasteiger partial charge is 0.262 e. The molecular weight excluding hydrogens is 406 g/mol. The molecule has 6 nitrogen and oxygen atoms in total. The van der Waals surface area contributed by atoms with E-state index in [1.807, 2.05) is 12.3 Å². The van der Waals surface area contributed by atoms with Gasteiger partial charge >= 0.3 is 0 Å². The zero-order valence-electron chi connectivity index (χ0n) is 14.5. The summed E-state index contributed by atoms with van der Waals surface area (Å²) in [5.74, 6) is 0.0590. The Morgan fingerprint density at radius 1 is 1.22 bits per heavy atom. The monoisotopic (exact) mass is 423 g/mol. The molecule has 0 saturated carbocycles. The van der Waals surface area contributed by atoms with E-state index in [2.05, 4.69) is 15.0 Å². The molecule has 0 aliphatic carbocycles. The molecule has 1 amide bonds. The molecule has 0 spiro atoms. The van der Waals surface area contributed by atoms with Crippen LogP contribution in [0.3, 0.4) is 0 Å². The number of halogens is 1. The summed E-state index contributed by atoms with van der Waals surface area (Å²) in [4.78, 5) is 17.6. The third-order valence-electron chi connectivity index (χ3n) is 3.95. The molecule has 27 heavy (non-hydrogen) atoms. The molecule has 0 atom stereocenters. The van der Waals surface area contributed by atoms with Gasteiger partial charge in [-0.05, 0) is 49.1 Å². The number of rotatable bonds is 5. The predicted molar refractivity (Wildman–Crippen MR) is 109 cm³/mol. The number of carbonyl (C=O) groups is 1. The Bertz CT molecular complexity index is 1010. The fourth-order valence-electron chi connectivity index (χ4n) is 2.58. The molecule has 1 aliphatic rings. The van der Waals surface area contributed by atoms with E-state index in [9.17, 15) is 13.2 Å². The van der Waals surface area contributed by atoms with Crippen LogP contribution in [-0.2, 0) is 10.0 Å². The van der Waals surface area contributed by atoms with E-state index in [1.165, 1.54) is 23.9 Å². The average Bonchev–Trinajstić information content (AvgIpc) is 3.14. The second-order valence-corrected chi connectivity index (χ2v) is 8.83. The molecule has 3 rings (SSSR count). The summed E-state index contributed by atoms with van der Waals surface area (Å²) in [7, 11) is -3.75. The van der Waals surface area contributed by atoms with E-state index in [0.717, 1.165) is 11.3 Å². The first-order chi connectivity index (χ1) is 12.9. The van der Waals surface area contributed by atoms with Gasteiger partial charge in [0.25, 0.3) is 15.9 Å². The summed E-state index contributed by atoms with van der Waals surface area (Å²) in [6.07, 6.45) is 3.35. The summed E-state index contributed by atoms with van der Waals surface area (Å²) < 4.78 is 27.5. The average molecular weight is 424 g/mol. The Morgan fingerprint density at radius 3 is 2.74 bits per heavy atom. The van der Waals surface area contributed by atoms with Crippen LogP contribution in [0.4, 0.5) is 5.69 Å². The van der Waals surface area contributed by atoms with E-state index in [4.69, 9.17) is 11.6 Å². The zero-order chi connectivity index (χ0) is 19.4. The molecule has 1 aliphatic heterocycles. The number of benzene rings is 2. The Balaban J connectivity index is 1.80. The molecule has 2 aromatic rings. The minimum absolute atomic E-state index is 0.0545. The van der Waals surface area contributed by atoms with Crippen molar-refractivity contribution < 1.29 is 13.2 Å². The fraction of sp³-hybridized carbons (Fsp3) is 0.222. The highest BCUT2D eigenvalue weighted by molar-refractivity contribution is 7.98. The van der Waals surface area contributed by atoms with Gasteiger partial charge in [0.05, 0.1) is 15.5 Å². The normalized spacial score (nSPS) is 13.9. The number of thioether (sulfide) groups is 1. The molecule has 1 heterocycles. The van der Waals surface area contributed by atoms with Crippen molar-refractivity contribution in [1.29, 1.82) is 0 Å². The number of sulfonamides is 1. The maximum atomic E-state index is 12.6. The molecule has 9 heteroatoms. The fourth-order valence-corrected chi connectivity index (χ4v) is 4.36. The summed E-state index contributed by atoms with van der Waals surface area (Å²) in [5, 5.41) is 3.03. The molecule has 0 saturated heterocycles. The van der Waals surface area contributed by atoms with Crippen LogP contribution in [-0.4, -0.2) is 33.0 Å². The third-order valence-corrected chi connectivity index (χ3v) is 6.38. The molecule has 2 N–H and O–H groups in total. The maximum Gasteiger partial charge on any atom is 0.262 e. The van der Waals surface area contributed by atoms with Crippen molar-refractivity contribution in [2.75, 3.05) is 18.1 Å². The number of amidine groups is 1.